The number of urea groups is 1. The Morgan fingerprint density at radius 2 is 2.35 bits per heavy atom. The third-order valence-electron chi connectivity index (χ3n) is 2.39. The van der Waals surface area contributed by atoms with Gasteiger partial charge in [0.25, 0.3) is 0 Å². The van der Waals surface area contributed by atoms with Crippen LogP contribution in [0.4, 0.5) is 10.7 Å². The number of imidazole rings is 1. The van der Waals surface area contributed by atoms with Crippen molar-refractivity contribution in [2.45, 2.75) is 13.5 Å². The number of aryl methyl sites for hydroxylation is 1. The van der Waals surface area contributed by atoms with Gasteiger partial charge in [-0.25, -0.2) is 14.8 Å². The zero-order chi connectivity index (χ0) is 12.4. The van der Waals surface area contributed by atoms with E-state index in [0.717, 1.165) is 11.1 Å². The number of primary amides is 1. The summed E-state index contributed by atoms with van der Waals surface area (Å²) in [5.41, 5.74) is 13.3. The first kappa shape index (κ1) is 11.2. The number of fused-ring (bicyclic) bond motifs is 1. The van der Waals surface area contributed by atoms with Crippen LogP contribution < -0.4 is 16.8 Å². The van der Waals surface area contributed by atoms with Crippen molar-refractivity contribution < 1.29 is 4.79 Å². The fraction of sp³-hybridized carbons (Fsp3) is 0.300. The Hall–Kier alpha value is -2.31. The number of nitrogens with zero attached hydrogens (tertiary/aromatic N) is 3. The molecule has 0 aliphatic carbocycles. The Balaban J connectivity index is 2.27. The lowest BCUT2D eigenvalue weighted by Crippen LogP contribution is -2.32. The molecule has 2 amide bonds. The smallest absolute Gasteiger partial charge is 0.312 e. The first-order valence-electron chi connectivity index (χ1n) is 5.19. The average molecular weight is 234 g/mol. The zero-order valence-electron chi connectivity index (χ0n) is 9.47. The molecule has 0 unspecified atom stereocenters. The summed E-state index contributed by atoms with van der Waals surface area (Å²) < 4.78 is 1.74. The molecule has 0 aliphatic heterocycles. The maximum Gasteiger partial charge on any atom is 0.312 e. The molecule has 0 bridgehead atoms. The molecule has 0 spiro atoms. The van der Waals surface area contributed by atoms with Crippen molar-refractivity contribution in [3.8, 4) is 0 Å². The van der Waals surface area contributed by atoms with Gasteiger partial charge in [0.1, 0.15) is 5.52 Å². The van der Waals surface area contributed by atoms with Crippen LogP contribution in [0.15, 0.2) is 12.3 Å². The average Bonchev–Trinajstić information content (AvgIpc) is 2.54. The molecule has 0 fully saturated rings. The number of nitrogens with two attached hydrogens (primary N) is 2. The minimum Gasteiger partial charge on any atom is -0.369 e. The molecular formula is C10H14N6O. The van der Waals surface area contributed by atoms with E-state index in [1.54, 1.807) is 10.8 Å². The second-order valence-corrected chi connectivity index (χ2v) is 3.77. The molecule has 17 heavy (non-hydrogen) atoms. The van der Waals surface area contributed by atoms with Gasteiger partial charge in [-0.15, -0.1) is 0 Å². The van der Waals surface area contributed by atoms with E-state index in [2.05, 4.69) is 15.3 Å². The standard InChI is InChI=1S/C10H14N6O/c1-6-4-7-8(14-5-6)16(9(11)15-7)3-2-13-10(12)17/h4-5H,2-3H2,1H3,(H2,11,15)(H3,12,13,17). The molecule has 0 atom stereocenters. The zero-order valence-corrected chi connectivity index (χ0v) is 9.47. The number of hydrogen-bond donors (Lipinski definition) is 3. The molecule has 0 aliphatic rings. The number of hydrogen-bond acceptors (Lipinski definition) is 4. The number of carbonyl (C=O) groups is 1. The molecule has 0 saturated carbocycles. The monoisotopic (exact) mass is 234 g/mol. The van der Waals surface area contributed by atoms with Gasteiger partial charge in [0.05, 0.1) is 0 Å². The van der Waals surface area contributed by atoms with Gasteiger partial charge >= 0.3 is 6.03 Å². The van der Waals surface area contributed by atoms with E-state index in [1.165, 1.54) is 0 Å². The van der Waals surface area contributed by atoms with Crippen molar-refractivity contribution >= 4 is 23.1 Å². The number of nitrogens with one attached hydrogen (secondary N) is 1. The SMILES string of the molecule is Cc1cnc2c(c1)nc(N)n2CCNC(N)=O. The number of anilines is 1. The summed E-state index contributed by atoms with van der Waals surface area (Å²) in [6.45, 7) is 2.82. The first-order chi connectivity index (χ1) is 8.08. The fourth-order valence-corrected chi connectivity index (χ4v) is 1.64. The summed E-state index contributed by atoms with van der Waals surface area (Å²) in [4.78, 5) is 19.0. The maximum atomic E-state index is 10.6. The quantitative estimate of drug-likeness (QED) is 0.693. The molecule has 5 N–H and O–H groups in total. The largest absolute Gasteiger partial charge is 0.369 e. The van der Waals surface area contributed by atoms with Crippen LogP contribution in [-0.2, 0) is 6.54 Å². The normalized spacial score (nSPS) is 10.6. The summed E-state index contributed by atoms with van der Waals surface area (Å²) >= 11 is 0. The van der Waals surface area contributed by atoms with Crippen LogP contribution in [-0.4, -0.2) is 27.1 Å². The van der Waals surface area contributed by atoms with Gasteiger partial charge in [0.2, 0.25) is 5.95 Å². The molecule has 0 saturated heterocycles. The van der Waals surface area contributed by atoms with Gasteiger partial charge in [-0.3, -0.25) is 4.57 Å². The minimum absolute atomic E-state index is 0.379. The van der Waals surface area contributed by atoms with E-state index in [0.29, 0.717) is 24.7 Å². The predicted octanol–water partition coefficient (Wildman–Crippen LogP) is -0.00978. The van der Waals surface area contributed by atoms with Crippen molar-refractivity contribution in [1.82, 2.24) is 19.9 Å². The molecule has 7 nitrogen and oxygen atoms in total. The fourth-order valence-electron chi connectivity index (χ4n) is 1.64. The highest BCUT2D eigenvalue weighted by atomic mass is 16.2. The van der Waals surface area contributed by atoms with Crippen LogP contribution in [0.25, 0.3) is 11.2 Å². The molecule has 2 aromatic rings. The van der Waals surface area contributed by atoms with Crippen LogP contribution in [0.2, 0.25) is 0 Å². The molecule has 0 aromatic carbocycles. The summed E-state index contributed by atoms with van der Waals surface area (Å²) in [7, 11) is 0. The van der Waals surface area contributed by atoms with Gasteiger partial charge in [0, 0.05) is 19.3 Å². The number of aromatic nitrogens is 3. The molecule has 7 heteroatoms. The number of amides is 2. The Morgan fingerprint density at radius 3 is 3.06 bits per heavy atom. The maximum absolute atomic E-state index is 10.6. The van der Waals surface area contributed by atoms with E-state index in [1.807, 2.05) is 13.0 Å². The second-order valence-electron chi connectivity index (χ2n) is 3.77. The van der Waals surface area contributed by atoms with Gasteiger partial charge in [-0.2, -0.15) is 0 Å². The number of rotatable bonds is 3. The van der Waals surface area contributed by atoms with Crippen LogP contribution in [0.3, 0.4) is 0 Å². The molecule has 0 radical (unpaired) electrons. The Bertz CT molecular complexity index is 561. The summed E-state index contributed by atoms with van der Waals surface area (Å²) in [5.74, 6) is 0.379. The van der Waals surface area contributed by atoms with Crippen LogP contribution in [0.1, 0.15) is 5.56 Å². The van der Waals surface area contributed by atoms with Crippen LogP contribution in [0.5, 0.6) is 0 Å². The number of nitrogen functional groups attached to an aromatic ring is 1. The Morgan fingerprint density at radius 1 is 1.59 bits per heavy atom. The highest BCUT2D eigenvalue weighted by Gasteiger charge is 2.09. The third kappa shape index (κ3) is 2.27. The summed E-state index contributed by atoms with van der Waals surface area (Å²) in [5, 5.41) is 2.49. The first-order valence-corrected chi connectivity index (χ1v) is 5.19. The van der Waals surface area contributed by atoms with E-state index in [-0.39, 0.29) is 0 Å². The lowest BCUT2D eigenvalue weighted by Gasteiger charge is -2.05. The predicted molar refractivity (Wildman–Crippen MR) is 64.3 cm³/mol. The van der Waals surface area contributed by atoms with Crippen molar-refractivity contribution in [1.29, 1.82) is 0 Å². The molecule has 2 aromatic heterocycles. The van der Waals surface area contributed by atoms with E-state index in [4.69, 9.17) is 11.5 Å². The number of carbonyl (C=O) groups excluding carboxylic acids is 1. The molecule has 2 rings (SSSR count). The lowest BCUT2D eigenvalue weighted by atomic mass is 10.3. The highest BCUT2D eigenvalue weighted by Crippen LogP contribution is 2.15. The van der Waals surface area contributed by atoms with Gasteiger partial charge in [-0.1, -0.05) is 0 Å². The van der Waals surface area contributed by atoms with Crippen LogP contribution in [0, 0.1) is 6.92 Å². The van der Waals surface area contributed by atoms with E-state index in [9.17, 15) is 4.79 Å². The van der Waals surface area contributed by atoms with Crippen LogP contribution >= 0.6 is 0 Å². The molecule has 2 heterocycles. The Labute approximate surface area is 97.8 Å². The summed E-state index contributed by atoms with van der Waals surface area (Å²) in [6, 6.07) is 1.35. The van der Waals surface area contributed by atoms with Gasteiger partial charge in [0.15, 0.2) is 5.65 Å². The van der Waals surface area contributed by atoms with Crippen molar-refractivity contribution in [2.75, 3.05) is 12.3 Å². The van der Waals surface area contributed by atoms with E-state index >= 15 is 0 Å². The molecular weight excluding hydrogens is 220 g/mol. The van der Waals surface area contributed by atoms with Gasteiger partial charge < -0.3 is 16.8 Å². The van der Waals surface area contributed by atoms with Crippen molar-refractivity contribution in [3.05, 3.63) is 17.8 Å². The van der Waals surface area contributed by atoms with Gasteiger partial charge in [-0.05, 0) is 18.6 Å². The van der Waals surface area contributed by atoms with Crippen molar-refractivity contribution in [2.24, 2.45) is 5.73 Å². The van der Waals surface area contributed by atoms with Crippen molar-refractivity contribution in [3.63, 3.8) is 0 Å². The second kappa shape index (κ2) is 4.28. The third-order valence-corrected chi connectivity index (χ3v) is 2.39. The molecule has 90 valence electrons. The topological polar surface area (TPSA) is 112 Å². The number of pyridine rings is 1. The minimum atomic E-state index is -0.559. The lowest BCUT2D eigenvalue weighted by molar-refractivity contribution is 0.248. The summed E-state index contributed by atoms with van der Waals surface area (Å²) in [6.07, 6.45) is 1.75. The van der Waals surface area contributed by atoms with E-state index < -0.39 is 6.03 Å². The highest BCUT2D eigenvalue weighted by molar-refractivity contribution is 5.74. The Kier molecular flexibility index (Phi) is 2.82.